The molecule has 0 aromatic rings. The lowest BCUT2D eigenvalue weighted by Gasteiger charge is -2.39. The Kier molecular flexibility index (Phi) is 5.78. The van der Waals surface area contributed by atoms with Gasteiger partial charge in [0, 0.05) is 12.3 Å². The Balaban J connectivity index is 2.23. The summed E-state index contributed by atoms with van der Waals surface area (Å²) in [7, 11) is 0. The Morgan fingerprint density at radius 1 is 1.56 bits per heavy atom. The second-order valence-corrected chi connectivity index (χ2v) is 5.02. The van der Waals surface area contributed by atoms with Crippen LogP contribution in [0.3, 0.4) is 0 Å². The molecule has 18 heavy (non-hydrogen) atoms. The Labute approximate surface area is 108 Å². The van der Waals surface area contributed by atoms with Gasteiger partial charge in [-0.1, -0.05) is 13.0 Å². The molecule has 0 saturated carbocycles. The Morgan fingerprint density at radius 3 is 2.61 bits per heavy atom. The minimum absolute atomic E-state index is 0.0395. The van der Waals surface area contributed by atoms with Gasteiger partial charge in [0.15, 0.2) is 0 Å². The fourth-order valence-corrected chi connectivity index (χ4v) is 1.84. The average molecular weight is 256 g/mol. The third-order valence-electron chi connectivity index (χ3n) is 3.58. The van der Waals surface area contributed by atoms with Gasteiger partial charge in [0.1, 0.15) is 6.61 Å². The zero-order valence-corrected chi connectivity index (χ0v) is 11.1. The van der Waals surface area contributed by atoms with Crippen molar-refractivity contribution < 1.29 is 14.3 Å². The van der Waals surface area contributed by atoms with Crippen LogP contribution in [0, 0.1) is 11.3 Å². The molecule has 0 aromatic carbocycles. The van der Waals surface area contributed by atoms with Crippen molar-refractivity contribution in [2.75, 3.05) is 19.8 Å². The number of carbonyl (C=O) groups is 1. The predicted octanol–water partition coefficient (Wildman–Crippen LogP) is 0.782. The van der Waals surface area contributed by atoms with Crippen molar-refractivity contribution in [3.8, 4) is 0 Å². The molecule has 1 atom stereocenters. The van der Waals surface area contributed by atoms with Gasteiger partial charge in [-0.15, -0.1) is 6.58 Å². The van der Waals surface area contributed by atoms with Gasteiger partial charge < -0.3 is 20.9 Å². The van der Waals surface area contributed by atoms with Crippen molar-refractivity contribution in [3.63, 3.8) is 0 Å². The summed E-state index contributed by atoms with van der Waals surface area (Å²) in [5.41, 5.74) is 11.2. The average Bonchev–Trinajstić information content (AvgIpc) is 2.28. The minimum Gasteiger partial charge on any atom is -0.465 e. The summed E-state index contributed by atoms with van der Waals surface area (Å²) in [5, 5.41) is 0. The maximum absolute atomic E-state index is 11.6. The van der Waals surface area contributed by atoms with E-state index in [-0.39, 0.29) is 17.3 Å². The van der Waals surface area contributed by atoms with E-state index in [1.165, 1.54) is 0 Å². The highest BCUT2D eigenvalue weighted by Crippen LogP contribution is 2.31. The highest BCUT2D eigenvalue weighted by molar-refractivity contribution is 5.69. The molecule has 1 heterocycles. The highest BCUT2D eigenvalue weighted by atomic mass is 16.5. The van der Waals surface area contributed by atoms with Crippen molar-refractivity contribution in [1.82, 2.24) is 0 Å². The molecule has 0 aromatic heterocycles. The van der Waals surface area contributed by atoms with Crippen molar-refractivity contribution in [3.05, 3.63) is 12.7 Å². The Bertz CT molecular complexity index is 282. The number of hydrogen-bond donors (Lipinski definition) is 2. The lowest BCUT2D eigenvalue weighted by Crippen LogP contribution is -2.46. The van der Waals surface area contributed by atoms with Crippen LogP contribution in [0.2, 0.25) is 0 Å². The van der Waals surface area contributed by atoms with E-state index in [1.54, 1.807) is 6.08 Å². The number of esters is 1. The SMILES string of the molecule is C=CC(CCC(=O)OCC1(CC)COC1)C(N)N. The molecule has 1 unspecified atom stereocenters. The number of carbonyl (C=O) groups excluding carboxylic acids is 1. The quantitative estimate of drug-likeness (QED) is 0.381. The summed E-state index contributed by atoms with van der Waals surface area (Å²) in [6.45, 7) is 7.53. The van der Waals surface area contributed by atoms with Gasteiger partial charge >= 0.3 is 5.97 Å². The van der Waals surface area contributed by atoms with E-state index in [0.29, 0.717) is 32.7 Å². The van der Waals surface area contributed by atoms with Gasteiger partial charge in [-0.25, -0.2) is 0 Å². The van der Waals surface area contributed by atoms with Crippen LogP contribution in [0.1, 0.15) is 26.2 Å². The zero-order chi connectivity index (χ0) is 13.6. The molecule has 1 fully saturated rings. The first kappa shape index (κ1) is 15.1. The van der Waals surface area contributed by atoms with Gasteiger partial charge in [-0.05, 0) is 12.8 Å². The van der Waals surface area contributed by atoms with E-state index in [1.807, 2.05) is 0 Å². The summed E-state index contributed by atoms with van der Waals surface area (Å²) >= 11 is 0. The standard InChI is InChI=1S/C13H24N2O3/c1-3-10(12(14)15)5-6-11(16)18-9-13(4-2)7-17-8-13/h3,10,12H,1,4-9,14-15H2,2H3. The first-order valence-electron chi connectivity index (χ1n) is 6.40. The van der Waals surface area contributed by atoms with Crippen LogP contribution in [0.5, 0.6) is 0 Å². The van der Waals surface area contributed by atoms with Crippen LogP contribution < -0.4 is 11.5 Å². The summed E-state index contributed by atoms with van der Waals surface area (Å²) in [4.78, 5) is 11.6. The second kappa shape index (κ2) is 6.87. The van der Waals surface area contributed by atoms with Gasteiger partial charge in [0.2, 0.25) is 0 Å². The summed E-state index contributed by atoms with van der Waals surface area (Å²) in [6, 6.07) is 0. The monoisotopic (exact) mass is 256 g/mol. The fourth-order valence-electron chi connectivity index (χ4n) is 1.84. The summed E-state index contributed by atoms with van der Waals surface area (Å²) in [6.07, 6.45) is 3.07. The maximum atomic E-state index is 11.6. The van der Waals surface area contributed by atoms with Crippen LogP contribution >= 0.6 is 0 Å². The van der Waals surface area contributed by atoms with E-state index >= 15 is 0 Å². The molecule has 0 aliphatic carbocycles. The molecule has 0 radical (unpaired) electrons. The normalized spacial score (nSPS) is 19.1. The number of nitrogens with two attached hydrogens (primary N) is 2. The summed E-state index contributed by atoms with van der Waals surface area (Å²) < 4.78 is 10.5. The van der Waals surface area contributed by atoms with Crippen molar-refractivity contribution in [1.29, 1.82) is 0 Å². The molecule has 1 saturated heterocycles. The van der Waals surface area contributed by atoms with Crippen LogP contribution in [0.4, 0.5) is 0 Å². The molecule has 1 aliphatic rings. The van der Waals surface area contributed by atoms with E-state index in [2.05, 4.69) is 13.5 Å². The molecule has 4 N–H and O–H groups in total. The van der Waals surface area contributed by atoms with Gasteiger partial charge in [-0.2, -0.15) is 0 Å². The first-order valence-corrected chi connectivity index (χ1v) is 6.40. The van der Waals surface area contributed by atoms with Crippen molar-refractivity contribution >= 4 is 5.97 Å². The van der Waals surface area contributed by atoms with Crippen LogP contribution in [-0.4, -0.2) is 32.0 Å². The molecule has 5 heteroatoms. The van der Waals surface area contributed by atoms with E-state index in [4.69, 9.17) is 20.9 Å². The molecule has 0 spiro atoms. The second-order valence-electron chi connectivity index (χ2n) is 5.02. The van der Waals surface area contributed by atoms with Gasteiger partial charge in [-0.3, -0.25) is 4.79 Å². The molecule has 0 bridgehead atoms. The van der Waals surface area contributed by atoms with E-state index in [0.717, 1.165) is 6.42 Å². The predicted molar refractivity (Wildman–Crippen MR) is 69.6 cm³/mol. The highest BCUT2D eigenvalue weighted by Gasteiger charge is 2.38. The molecule has 5 nitrogen and oxygen atoms in total. The number of hydrogen-bond acceptors (Lipinski definition) is 5. The van der Waals surface area contributed by atoms with E-state index < -0.39 is 6.17 Å². The molecular formula is C13H24N2O3. The summed E-state index contributed by atoms with van der Waals surface area (Å²) in [5.74, 6) is -0.257. The van der Waals surface area contributed by atoms with Crippen molar-refractivity contribution in [2.24, 2.45) is 22.8 Å². The molecule has 104 valence electrons. The minimum atomic E-state index is -0.475. The Hall–Kier alpha value is -0.910. The fraction of sp³-hybridized carbons (Fsp3) is 0.769. The molecular weight excluding hydrogens is 232 g/mol. The third-order valence-corrected chi connectivity index (χ3v) is 3.58. The molecule has 1 aliphatic heterocycles. The largest absolute Gasteiger partial charge is 0.465 e. The zero-order valence-electron chi connectivity index (χ0n) is 11.1. The van der Waals surface area contributed by atoms with Crippen LogP contribution in [-0.2, 0) is 14.3 Å². The lowest BCUT2D eigenvalue weighted by atomic mass is 9.84. The van der Waals surface area contributed by atoms with E-state index in [9.17, 15) is 4.79 Å². The maximum Gasteiger partial charge on any atom is 0.305 e. The smallest absolute Gasteiger partial charge is 0.305 e. The third kappa shape index (κ3) is 4.08. The van der Waals surface area contributed by atoms with Crippen molar-refractivity contribution in [2.45, 2.75) is 32.4 Å². The topological polar surface area (TPSA) is 87.6 Å². The Morgan fingerprint density at radius 2 is 2.22 bits per heavy atom. The number of ether oxygens (including phenoxy) is 2. The van der Waals surface area contributed by atoms with Crippen LogP contribution in [0.15, 0.2) is 12.7 Å². The molecule has 1 rings (SSSR count). The van der Waals surface area contributed by atoms with Crippen LogP contribution in [0.25, 0.3) is 0 Å². The first-order chi connectivity index (χ1) is 8.53. The van der Waals surface area contributed by atoms with Gasteiger partial charge in [0.25, 0.3) is 0 Å². The molecule has 0 amide bonds. The van der Waals surface area contributed by atoms with Gasteiger partial charge in [0.05, 0.1) is 24.8 Å². The lowest BCUT2D eigenvalue weighted by molar-refractivity contribution is -0.170. The number of rotatable bonds is 8.